The van der Waals surface area contributed by atoms with Crippen LogP contribution in [0.4, 0.5) is 0 Å². The molecule has 0 aliphatic heterocycles. The molecule has 0 aliphatic rings. The summed E-state index contributed by atoms with van der Waals surface area (Å²) >= 11 is 8.00. The van der Waals surface area contributed by atoms with E-state index in [0.29, 0.717) is 0 Å². The van der Waals surface area contributed by atoms with Gasteiger partial charge in [0.1, 0.15) is 5.75 Å². The van der Waals surface area contributed by atoms with Gasteiger partial charge in [0.2, 0.25) is 0 Å². The Morgan fingerprint density at radius 1 is 1.15 bits per heavy atom. The van der Waals surface area contributed by atoms with Crippen LogP contribution in [0.2, 0.25) is 5.02 Å². The van der Waals surface area contributed by atoms with E-state index in [0.717, 1.165) is 21.2 Å². The lowest BCUT2D eigenvalue weighted by molar-refractivity contribution is 0.413. The van der Waals surface area contributed by atoms with Crippen LogP contribution >= 0.6 is 23.4 Å². The molecule has 2 N–H and O–H groups in total. The van der Waals surface area contributed by atoms with E-state index in [2.05, 4.69) is 6.07 Å². The summed E-state index contributed by atoms with van der Waals surface area (Å²) in [5.41, 5.74) is 7.21. The zero-order valence-corrected chi connectivity index (χ0v) is 13.1. The van der Waals surface area contributed by atoms with Gasteiger partial charge in [-0.3, -0.25) is 0 Å². The van der Waals surface area contributed by atoms with Gasteiger partial charge in [0.25, 0.3) is 0 Å². The quantitative estimate of drug-likeness (QED) is 0.824. The predicted octanol–water partition coefficient (Wildman–Crippen LogP) is 4.53. The van der Waals surface area contributed by atoms with Crippen molar-refractivity contribution >= 4 is 23.4 Å². The van der Waals surface area contributed by atoms with Crippen LogP contribution in [0, 0.1) is 0 Å². The molecule has 2 aromatic rings. The lowest BCUT2D eigenvalue weighted by Gasteiger charge is -2.22. The maximum atomic E-state index is 6.29. The van der Waals surface area contributed by atoms with E-state index in [1.165, 1.54) is 0 Å². The second-order valence-electron chi connectivity index (χ2n) is 4.60. The van der Waals surface area contributed by atoms with Crippen molar-refractivity contribution in [1.29, 1.82) is 0 Å². The van der Waals surface area contributed by atoms with Gasteiger partial charge < -0.3 is 10.5 Å². The molecule has 2 atom stereocenters. The van der Waals surface area contributed by atoms with E-state index in [4.69, 9.17) is 22.1 Å². The molecule has 0 aliphatic carbocycles. The predicted molar refractivity (Wildman–Crippen MR) is 86.7 cm³/mol. The number of ether oxygens (including phenoxy) is 1. The highest BCUT2D eigenvalue weighted by molar-refractivity contribution is 7.99. The largest absolute Gasteiger partial charge is 0.497 e. The Labute approximate surface area is 129 Å². The molecule has 106 valence electrons. The first-order valence-electron chi connectivity index (χ1n) is 6.42. The molecule has 0 aromatic heterocycles. The number of nitrogens with two attached hydrogens (primary N) is 1. The lowest BCUT2D eigenvalue weighted by Crippen LogP contribution is -2.22. The fourth-order valence-electron chi connectivity index (χ4n) is 1.98. The number of benzene rings is 2. The van der Waals surface area contributed by atoms with E-state index < -0.39 is 0 Å². The molecule has 20 heavy (non-hydrogen) atoms. The summed E-state index contributed by atoms with van der Waals surface area (Å²) in [7, 11) is 1.67. The highest BCUT2D eigenvalue weighted by Crippen LogP contribution is 2.40. The Morgan fingerprint density at radius 3 is 2.55 bits per heavy atom. The molecule has 2 aromatic carbocycles. The number of halogens is 1. The van der Waals surface area contributed by atoms with Crippen molar-refractivity contribution in [1.82, 2.24) is 0 Å². The summed E-state index contributed by atoms with van der Waals surface area (Å²) in [5, 5.41) is 0.862. The highest BCUT2D eigenvalue weighted by Gasteiger charge is 2.20. The van der Waals surface area contributed by atoms with Gasteiger partial charge in [-0.05, 0) is 36.8 Å². The molecule has 2 rings (SSSR count). The fraction of sp³-hybridized carbons (Fsp3) is 0.250. The Balaban J connectivity index is 2.28. The third-order valence-electron chi connectivity index (χ3n) is 2.99. The van der Waals surface area contributed by atoms with Crippen LogP contribution in [0.5, 0.6) is 5.75 Å². The van der Waals surface area contributed by atoms with Gasteiger partial charge in [-0.1, -0.05) is 35.9 Å². The van der Waals surface area contributed by atoms with Crippen LogP contribution < -0.4 is 10.5 Å². The first-order chi connectivity index (χ1) is 9.61. The molecule has 0 heterocycles. The Kier molecular flexibility index (Phi) is 5.35. The van der Waals surface area contributed by atoms with Gasteiger partial charge in [0, 0.05) is 16.0 Å². The molecule has 0 saturated carbocycles. The Morgan fingerprint density at radius 2 is 1.90 bits per heavy atom. The second kappa shape index (κ2) is 7.02. The van der Waals surface area contributed by atoms with Gasteiger partial charge in [0.15, 0.2) is 0 Å². The molecule has 0 amide bonds. The third kappa shape index (κ3) is 3.69. The van der Waals surface area contributed by atoms with Crippen molar-refractivity contribution < 1.29 is 4.74 Å². The topological polar surface area (TPSA) is 35.2 Å². The summed E-state index contributed by atoms with van der Waals surface area (Å²) in [6.45, 7) is 2.00. The summed E-state index contributed by atoms with van der Waals surface area (Å²) in [6.07, 6.45) is 0. The average Bonchev–Trinajstić information content (AvgIpc) is 2.45. The van der Waals surface area contributed by atoms with Crippen molar-refractivity contribution in [3.63, 3.8) is 0 Å². The van der Waals surface area contributed by atoms with Crippen molar-refractivity contribution in [3.8, 4) is 5.75 Å². The molecule has 0 radical (unpaired) electrons. The zero-order valence-electron chi connectivity index (χ0n) is 11.5. The Bertz CT molecular complexity index is 574. The SMILES string of the molecule is COc1cccc(SC(c2ccccc2Cl)C(C)N)c1. The molecule has 4 heteroatoms. The molecule has 0 saturated heterocycles. The van der Waals surface area contributed by atoms with Crippen LogP contribution in [0.3, 0.4) is 0 Å². The number of hydrogen-bond donors (Lipinski definition) is 1. The monoisotopic (exact) mass is 307 g/mol. The molecular weight excluding hydrogens is 290 g/mol. The van der Waals surface area contributed by atoms with Crippen molar-refractivity contribution in [2.24, 2.45) is 5.73 Å². The normalized spacial score (nSPS) is 13.8. The number of rotatable bonds is 5. The summed E-state index contributed by atoms with van der Waals surface area (Å²) < 4.78 is 5.26. The minimum Gasteiger partial charge on any atom is -0.497 e. The number of methoxy groups -OCH3 is 1. The first-order valence-corrected chi connectivity index (χ1v) is 7.68. The molecule has 0 fully saturated rings. The number of thioether (sulfide) groups is 1. The molecule has 0 spiro atoms. The van der Waals surface area contributed by atoms with Crippen LogP contribution in [0.25, 0.3) is 0 Å². The zero-order chi connectivity index (χ0) is 14.5. The van der Waals surface area contributed by atoms with Gasteiger partial charge >= 0.3 is 0 Å². The van der Waals surface area contributed by atoms with Crippen molar-refractivity contribution in [2.45, 2.75) is 23.1 Å². The van der Waals surface area contributed by atoms with Crippen LogP contribution in [0.15, 0.2) is 53.4 Å². The molecule has 2 unspecified atom stereocenters. The standard InChI is InChI=1S/C16H18ClNOS/c1-11(18)16(14-8-3-4-9-15(14)17)20-13-7-5-6-12(10-13)19-2/h3-11,16H,18H2,1-2H3. The second-order valence-corrected chi connectivity index (χ2v) is 6.22. The summed E-state index contributed by atoms with van der Waals surface area (Å²) in [4.78, 5) is 1.12. The van der Waals surface area contributed by atoms with E-state index in [9.17, 15) is 0 Å². The van der Waals surface area contributed by atoms with E-state index in [1.54, 1.807) is 18.9 Å². The minimum absolute atomic E-state index is 0.00824. The fourth-order valence-corrected chi connectivity index (χ4v) is 3.48. The van der Waals surface area contributed by atoms with Crippen LogP contribution in [0.1, 0.15) is 17.7 Å². The van der Waals surface area contributed by atoms with Crippen molar-refractivity contribution in [2.75, 3.05) is 7.11 Å². The van der Waals surface area contributed by atoms with E-state index in [1.807, 2.05) is 49.4 Å². The maximum Gasteiger partial charge on any atom is 0.119 e. The molecule has 0 bridgehead atoms. The molecule has 2 nitrogen and oxygen atoms in total. The Hall–Kier alpha value is -1.16. The summed E-state index contributed by atoms with van der Waals surface area (Å²) in [6, 6.07) is 15.8. The van der Waals surface area contributed by atoms with E-state index >= 15 is 0 Å². The van der Waals surface area contributed by atoms with Crippen LogP contribution in [-0.4, -0.2) is 13.2 Å². The smallest absolute Gasteiger partial charge is 0.119 e. The van der Waals surface area contributed by atoms with Crippen LogP contribution in [-0.2, 0) is 0 Å². The number of hydrogen-bond acceptors (Lipinski definition) is 3. The lowest BCUT2D eigenvalue weighted by atomic mass is 10.1. The molecular formula is C16H18ClNOS. The summed E-state index contributed by atoms with van der Waals surface area (Å²) in [5.74, 6) is 0.845. The van der Waals surface area contributed by atoms with Gasteiger partial charge in [0.05, 0.1) is 12.4 Å². The third-order valence-corrected chi connectivity index (χ3v) is 4.80. The minimum atomic E-state index is -0.00824. The van der Waals surface area contributed by atoms with Gasteiger partial charge in [-0.2, -0.15) is 0 Å². The maximum absolute atomic E-state index is 6.29. The van der Waals surface area contributed by atoms with E-state index in [-0.39, 0.29) is 11.3 Å². The average molecular weight is 308 g/mol. The first kappa shape index (κ1) is 15.2. The van der Waals surface area contributed by atoms with Gasteiger partial charge in [-0.15, -0.1) is 11.8 Å². The van der Waals surface area contributed by atoms with Gasteiger partial charge in [-0.25, -0.2) is 0 Å². The highest BCUT2D eigenvalue weighted by atomic mass is 35.5. The van der Waals surface area contributed by atoms with Crippen molar-refractivity contribution in [3.05, 3.63) is 59.1 Å².